The topological polar surface area (TPSA) is 49.3 Å². The van der Waals surface area contributed by atoms with Gasteiger partial charge in [0.15, 0.2) is 0 Å². The first kappa shape index (κ1) is 16.0. The first-order valence-corrected chi connectivity index (χ1v) is 8.02. The molecule has 1 amide bonds. The van der Waals surface area contributed by atoms with Gasteiger partial charge < -0.3 is 15.2 Å². The molecular weight excluding hydrogens is 264 g/mol. The zero-order valence-corrected chi connectivity index (χ0v) is 13.3. The number of piperidine rings is 1. The van der Waals surface area contributed by atoms with Crippen LogP contribution in [0.15, 0.2) is 18.5 Å². The standard InChI is InChI=1S/C16H28N4O/c1-3-7-19-8-4-14(12-19)11-18-15-5-9-20(10-6-15)13-16(21)17-2/h4,8,12,15,18H,3,5-7,9-11,13H2,1-2H3,(H,17,21). The van der Waals surface area contributed by atoms with Crippen molar-refractivity contribution in [2.75, 3.05) is 26.7 Å². The van der Waals surface area contributed by atoms with Crippen LogP contribution >= 0.6 is 0 Å². The molecule has 1 saturated heterocycles. The SMILES string of the molecule is CCCn1ccc(CNC2CCN(CC(=O)NC)CC2)c1. The summed E-state index contributed by atoms with van der Waals surface area (Å²) in [4.78, 5) is 13.6. The number of rotatable bonds is 7. The van der Waals surface area contributed by atoms with Crippen molar-refractivity contribution in [1.29, 1.82) is 0 Å². The molecule has 0 atom stereocenters. The fourth-order valence-electron chi connectivity index (χ4n) is 2.83. The fourth-order valence-corrected chi connectivity index (χ4v) is 2.83. The molecule has 0 aliphatic carbocycles. The summed E-state index contributed by atoms with van der Waals surface area (Å²) in [6, 6.07) is 2.77. The lowest BCUT2D eigenvalue weighted by atomic mass is 10.0. The quantitative estimate of drug-likeness (QED) is 0.794. The number of carbonyl (C=O) groups excluding carboxylic acids is 1. The molecule has 2 rings (SSSR count). The number of hydrogen-bond donors (Lipinski definition) is 2. The van der Waals surface area contributed by atoms with Crippen molar-refractivity contribution in [2.45, 2.75) is 45.3 Å². The van der Waals surface area contributed by atoms with Crippen LogP contribution in [-0.2, 0) is 17.9 Å². The lowest BCUT2D eigenvalue weighted by Gasteiger charge is -2.31. The second kappa shape index (κ2) is 8.20. The number of hydrogen-bond acceptors (Lipinski definition) is 3. The highest BCUT2D eigenvalue weighted by molar-refractivity contribution is 5.77. The molecule has 0 spiro atoms. The zero-order chi connectivity index (χ0) is 15.1. The maximum Gasteiger partial charge on any atom is 0.233 e. The predicted octanol–water partition coefficient (Wildman–Crippen LogP) is 1.20. The monoisotopic (exact) mass is 292 g/mol. The molecular formula is C16H28N4O. The molecule has 0 bridgehead atoms. The molecule has 21 heavy (non-hydrogen) atoms. The molecule has 1 aromatic rings. The lowest BCUT2D eigenvalue weighted by molar-refractivity contribution is -0.122. The number of nitrogens with one attached hydrogen (secondary N) is 2. The third-order valence-corrected chi connectivity index (χ3v) is 4.12. The Bertz CT molecular complexity index is 435. The van der Waals surface area contributed by atoms with Gasteiger partial charge in [-0.15, -0.1) is 0 Å². The zero-order valence-electron chi connectivity index (χ0n) is 13.3. The number of likely N-dealkylation sites (tertiary alicyclic amines) is 1. The van der Waals surface area contributed by atoms with Crippen LogP contribution in [-0.4, -0.2) is 48.1 Å². The van der Waals surface area contributed by atoms with Crippen molar-refractivity contribution < 1.29 is 4.79 Å². The van der Waals surface area contributed by atoms with Crippen LogP contribution in [0.25, 0.3) is 0 Å². The Morgan fingerprint density at radius 3 is 2.81 bits per heavy atom. The van der Waals surface area contributed by atoms with E-state index in [1.807, 2.05) is 0 Å². The van der Waals surface area contributed by atoms with Gasteiger partial charge in [-0.3, -0.25) is 9.69 Å². The molecule has 1 aromatic heterocycles. The van der Waals surface area contributed by atoms with Crippen molar-refractivity contribution in [3.63, 3.8) is 0 Å². The molecule has 1 fully saturated rings. The first-order chi connectivity index (χ1) is 10.2. The van der Waals surface area contributed by atoms with E-state index in [9.17, 15) is 4.79 Å². The van der Waals surface area contributed by atoms with Crippen LogP contribution in [0.4, 0.5) is 0 Å². The molecule has 118 valence electrons. The normalized spacial score (nSPS) is 17.0. The second-order valence-electron chi connectivity index (χ2n) is 5.86. The highest BCUT2D eigenvalue weighted by Crippen LogP contribution is 2.11. The number of amides is 1. The van der Waals surface area contributed by atoms with Gasteiger partial charge in [-0.25, -0.2) is 0 Å². The second-order valence-corrected chi connectivity index (χ2v) is 5.86. The minimum absolute atomic E-state index is 0.110. The molecule has 0 aromatic carbocycles. The van der Waals surface area contributed by atoms with E-state index in [1.165, 1.54) is 12.0 Å². The van der Waals surface area contributed by atoms with Crippen molar-refractivity contribution in [2.24, 2.45) is 0 Å². The van der Waals surface area contributed by atoms with Crippen molar-refractivity contribution in [1.82, 2.24) is 20.1 Å². The van der Waals surface area contributed by atoms with E-state index in [4.69, 9.17) is 0 Å². The Kier molecular flexibility index (Phi) is 6.26. The van der Waals surface area contributed by atoms with Gasteiger partial charge in [-0.1, -0.05) is 6.92 Å². The summed E-state index contributed by atoms with van der Waals surface area (Å²) in [7, 11) is 1.70. The average molecular weight is 292 g/mol. The molecule has 1 aliphatic rings. The van der Waals surface area contributed by atoms with E-state index in [0.717, 1.165) is 39.0 Å². The molecule has 0 radical (unpaired) electrons. The molecule has 1 aliphatic heterocycles. The number of carbonyl (C=O) groups is 1. The third-order valence-electron chi connectivity index (χ3n) is 4.12. The number of aromatic nitrogens is 1. The molecule has 2 N–H and O–H groups in total. The number of nitrogens with zero attached hydrogens (tertiary/aromatic N) is 2. The van der Waals surface area contributed by atoms with Crippen molar-refractivity contribution in [3.05, 3.63) is 24.0 Å². The Labute approximate surface area is 127 Å². The number of aryl methyl sites for hydroxylation is 1. The van der Waals surface area contributed by atoms with E-state index in [1.54, 1.807) is 7.05 Å². The van der Waals surface area contributed by atoms with Gasteiger partial charge in [0.1, 0.15) is 0 Å². The molecule has 5 heteroatoms. The minimum Gasteiger partial charge on any atom is -0.358 e. The van der Waals surface area contributed by atoms with Gasteiger partial charge >= 0.3 is 0 Å². The maximum absolute atomic E-state index is 11.4. The molecule has 0 unspecified atom stereocenters. The van der Waals surface area contributed by atoms with E-state index >= 15 is 0 Å². The summed E-state index contributed by atoms with van der Waals surface area (Å²) >= 11 is 0. The largest absolute Gasteiger partial charge is 0.358 e. The van der Waals surface area contributed by atoms with E-state index in [0.29, 0.717) is 12.6 Å². The van der Waals surface area contributed by atoms with Gasteiger partial charge in [-0.05, 0) is 30.9 Å². The summed E-state index contributed by atoms with van der Waals surface area (Å²) in [5, 5.41) is 6.32. The van der Waals surface area contributed by atoms with Crippen LogP contribution in [0, 0.1) is 0 Å². The number of likely N-dealkylation sites (N-methyl/N-ethyl adjacent to an activating group) is 1. The van der Waals surface area contributed by atoms with Gasteiger partial charge in [-0.2, -0.15) is 0 Å². The Hall–Kier alpha value is -1.33. The first-order valence-electron chi connectivity index (χ1n) is 8.02. The average Bonchev–Trinajstić information content (AvgIpc) is 2.94. The summed E-state index contributed by atoms with van der Waals surface area (Å²) in [6.45, 7) is 6.77. The van der Waals surface area contributed by atoms with Crippen molar-refractivity contribution >= 4 is 5.91 Å². The summed E-state index contributed by atoms with van der Waals surface area (Å²) < 4.78 is 2.25. The fraction of sp³-hybridized carbons (Fsp3) is 0.688. The minimum atomic E-state index is 0.110. The van der Waals surface area contributed by atoms with Gasteiger partial charge in [0.05, 0.1) is 6.54 Å². The third kappa shape index (κ3) is 5.17. The van der Waals surface area contributed by atoms with Crippen molar-refractivity contribution in [3.8, 4) is 0 Å². The maximum atomic E-state index is 11.4. The predicted molar refractivity (Wildman–Crippen MR) is 85.1 cm³/mol. The Balaban J connectivity index is 1.67. The van der Waals surface area contributed by atoms with Gasteiger partial charge in [0.2, 0.25) is 5.91 Å². The summed E-state index contributed by atoms with van der Waals surface area (Å²) in [5.74, 6) is 0.110. The van der Waals surface area contributed by atoms with Gasteiger partial charge in [0.25, 0.3) is 0 Å². The highest BCUT2D eigenvalue weighted by Gasteiger charge is 2.20. The van der Waals surface area contributed by atoms with Crippen LogP contribution in [0.5, 0.6) is 0 Å². The Morgan fingerprint density at radius 1 is 1.38 bits per heavy atom. The summed E-state index contributed by atoms with van der Waals surface area (Å²) in [5.41, 5.74) is 1.36. The summed E-state index contributed by atoms with van der Waals surface area (Å²) in [6.07, 6.45) is 7.80. The lowest BCUT2D eigenvalue weighted by Crippen LogP contribution is -2.45. The van der Waals surface area contributed by atoms with Crippen LogP contribution in [0.2, 0.25) is 0 Å². The Morgan fingerprint density at radius 2 is 2.14 bits per heavy atom. The molecule has 0 saturated carbocycles. The molecule has 2 heterocycles. The van der Waals surface area contributed by atoms with E-state index in [2.05, 4.69) is 45.5 Å². The van der Waals surface area contributed by atoms with Gasteiger partial charge in [0, 0.05) is 51.7 Å². The highest BCUT2D eigenvalue weighted by atomic mass is 16.1. The smallest absolute Gasteiger partial charge is 0.233 e. The van der Waals surface area contributed by atoms with E-state index < -0.39 is 0 Å². The molecule has 5 nitrogen and oxygen atoms in total. The van der Waals surface area contributed by atoms with Crippen LogP contribution < -0.4 is 10.6 Å². The van der Waals surface area contributed by atoms with E-state index in [-0.39, 0.29) is 5.91 Å². The van der Waals surface area contributed by atoms with Crippen LogP contribution in [0.1, 0.15) is 31.7 Å². The van der Waals surface area contributed by atoms with Crippen LogP contribution in [0.3, 0.4) is 0 Å².